The Morgan fingerprint density at radius 3 is 2.24 bits per heavy atom. The molecule has 1 aromatic carbocycles. The molecule has 0 aliphatic rings. The maximum Gasteiger partial charge on any atom is 0.332 e. The van der Waals surface area contributed by atoms with Gasteiger partial charge in [-0.25, -0.2) is 4.79 Å². The summed E-state index contributed by atoms with van der Waals surface area (Å²) in [5.74, 6) is -6.28. The maximum absolute atomic E-state index is 13.8. The summed E-state index contributed by atoms with van der Waals surface area (Å²) in [6, 6.07) is 4.22. The van der Waals surface area contributed by atoms with Crippen LogP contribution < -0.4 is 5.32 Å². The van der Waals surface area contributed by atoms with E-state index in [0.29, 0.717) is 0 Å². The fraction of sp³-hybridized carbons (Fsp3) is 0.273. The van der Waals surface area contributed by atoms with E-state index >= 15 is 0 Å². The van der Waals surface area contributed by atoms with Crippen LogP contribution >= 0.6 is 0 Å². The van der Waals surface area contributed by atoms with Gasteiger partial charge in [-0.3, -0.25) is 4.79 Å². The number of benzene rings is 1. The van der Waals surface area contributed by atoms with Gasteiger partial charge in [0.05, 0.1) is 0 Å². The van der Waals surface area contributed by atoms with Crippen LogP contribution in [0, 0.1) is 0 Å². The highest BCUT2D eigenvalue weighted by atomic mass is 19.3. The Hall–Kier alpha value is -1.98. The largest absolute Gasteiger partial charge is 0.480 e. The molecule has 0 aliphatic heterocycles. The normalized spacial score (nSPS) is 12.9. The van der Waals surface area contributed by atoms with Gasteiger partial charge in [-0.1, -0.05) is 30.3 Å². The topological polar surface area (TPSA) is 66.4 Å². The van der Waals surface area contributed by atoms with Gasteiger partial charge in [0.1, 0.15) is 0 Å². The van der Waals surface area contributed by atoms with Crippen LogP contribution in [0.25, 0.3) is 0 Å². The average Bonchev–Trinajstić information content (AvgIpc) is 2.26. The Balaban J connectivity index is 3.08. The van der Waals surface area contributed by atoms with E-state index < -0.39 is 29.4 Å². The number of nitrogens with one attached hydrogen (secondary N) is 1. The summed E-state index contributed by atoms with van der Waals surface area (Å²) in [6.07, 6.45) is 0. The van der Waals surface area contributed by atoms with Gasteiger partial charge < -0.3 is 10.4 Å². The lowest BCUT2D eigenvalue weighted by Crippen LogP contribution is -2.50. The van der Waals surface area contributed by atoms with Gasteiger partial charge in [0, 0.05) is 12.5 Å². The quantitative estimate of drug-likeness (QED) is 0.839. The van der Waals surface area contributed by atoms with Crippen molar-refractivity contribution in [1.29, 1.82) is 0 Å². The van der Waals surface area contributed by atoms with Gasteiger partial charge in [0.15, 0.2) is 6.04 Å². The molecule has 1 rings (SSSR count). The number of aliphatic carboxylic acids is 1. The second kappa shape index (κ2) is 4.90. The highest BCUT2D eigenvalue weighted by molar-refractivity contribution is 5.83. The van der Waals surface area contributed by atoms with Crippen molar-refractivity contribution in [2.75, 3.05) is 0 Å². The number of rotatable bonds is 4. The first-order chi connectivity index (χ1) is 7.85. The minimum absolute atomic E-state index is 0.457. The molecule has 6 heteroatoms. The molecule has 0 unspecified atom stereocenters. The van der Waals surface area contributed by atoms with Crippen LogP contribution in [0.3, 0.4) is 0 Å². The van der Waals surface area contributed by atoms with Crippen molar-refractivity contribution >= 4 is 11.9 Å². The van der Waals surface area contributed by atoms with E-state index in [1.807, 2.05) is 0 Å². The summed E-state index contributed by atoms with van der Waals surface area (Å²) in [5, 5.41) is 10.5. The molecule has 0 aliphatic carbocycles. The van der Waals surface area contributed by atoms with Gasteiger partial charge in [0.2, 0.25) is 5.91 Å². The van der Waals surface area contributed by atoms with Crippen molar-refractivity contribution < 1.29 is 23.5 Å². The number of carboxylic acids is 1. The molecule has 0 spiro atoms. The standard InChI is InChI=1S/C11H11F2NO3/c1-7(15)14-9(10(16)17)11(12,13)8-5-3-2-4-6-8/h2-6,9H,1H3,(H,14,15)(H,16,17)/t9-/m0/s1. The van der Waals surface area contributed by atoms with Crippen molar-refractivity contribution in [2.24, 2.45) is 0 Å². The Morgan fingerprint density at radius 1 is 1.29 bits per heavy atom. The zero-order valence-electron chi connectivity index (χ0n) is 8.98. The van der Waals surface area contributed by atoms with E-state index in [2.05, 4.69) is 0 Å². The summed E-state index contributed by atoms with van der Waals surface area (Å²) in [7, 11) is 0. The molecule has 2 N–H and O–H groups in total. The average molecular weight is 243 g/mol. The smallest absolute Gasteiger partial charge is 0.332 e. The van der Waals surface area contributed by atoms with Gasteiger partial charge in [-0.05, 0) is 0 Å². The van der Waals surface area contributed by atoms with Crippen LogP contribution in [0.15, 0.2) is 30.3 Å². The second-order valence-corrected chi connectivity index (χ2v) is 3.46. The van der Waals surface area contributed by atoms with E-state index in [-0.39, 0.29) is 0 Å². The molecular weight excluding hydrogens is 232 g/mol. The molecule has 0 radical (unpaired) electrons. The first kappa shape index (κ1) is 13.1. The SMILES string of the molecule is CC(=O)N[C@@H](C(=O)O)C(F)(F)c1ccccc1. The number of hydrogen-bond donors (Lipinski definition) is 2. The maximum atomic E-state index is 13.8. The molecule has 0 aromatic heterocycles. The van der Waals surface area contributed by atoms with Crippen LogP contribution in [0.2, 0.25) is 0 Å². The van der Waals surface area contributed by atoms with E-state index in [1.165, 1.54) is 18.2 Å². The third kappa shape index (κ3) is 2.99. The minimum atomic E-state index is -3.67. The van der Waals surface area contributed by atoms with E-state index in [0.717, 1.165) is 19.1 Å². The fourth-order valence-corrected chi connectivity index (χ4v) is 1.34. The zero-order chi connectivity index (χ0) is 13.1. The Morgan fingerprint density at radius 2 is 1.82 bits per heavy atom. The van der Waals surface area contributed by atoms with Crippen molar-refractivity contribution in [1.82, 2.24) is 5.32 Å². The molecule has 1 aromatic rings. The molecule has 0 saturated heterocycles. The van der Waals surface area contributed by atoms with Crippen LogP contribution in [-0.2, 0) is 15.5 Å². The summed E-state index contributed by atoms with van der Waals surface area (Å²) >= 11 is 0. The van der Waals surface area contributed by atoms with Gasteiger partial charge in [-0.15, -0.1) is 0 Å². The predicted molar refractivity (Wildman–Crippen MR) is 55.6 cm³/mol. The lowest BCUT2D eigenvalue weighted by Gasteiger charge is -2.24. The number of carbonyl (C=O) groups excluding carboxylic acids is 1. The molecule has 0 fully saturated rings. The summed E-state index contributed by atoms with van der Waals surface area (Å²) < 4.78 is 27.7. The number of carboxylic acid groups (broad SMARTS) is 1. The van der Waals surface area contributed by atoms with Crippen LogP contribution in [0.4, 0.5) is 8.78 Å². The van der Waals surface area contributed by atoms with Crippen molar-refractivity contribution in [3.05, 3.63) is 35.9 Å². The van der Waals surface area contributed by atoms with Gasteiger partial charge in [-0.2, -0.15) is 8.78 Å². The fourth-order valence-electron chi connectivity index (χ4n) is 1.34. The monoisotopic (exact) mass is 243 g/mol. The lowest BCUT2D eigenvalue weighted by molar-refractivity contribution is -0.154. The molecule has 1 amide bonds. The first-order valence-corrected chi connectivity index (χ1v) is 4.79. The molecule has 17 heavy (non-hydrogen) atoms. The number of carbonyl (C=O) groups is 2. The molecule has 92 valence electrons. The van der Waals surface area contributed by atoms with E-state index in [1.54, 1.807) is 5.32 Å². The first-order valence-electron chi connectivity index (χ1n) is 4.79. The second-order valence-electron chi connectivity index (χ2n) is 3.46. The number of amides is 1. The predicted octanol–water partition coefficient (Wildman–Crippen LogP) is 1.37. The van der Waals surface area contributed by atoms with Crippen LogP contribution in [0.5, 0.6) is 0 Å². The highest BCUT2D eigenvalue weighted by Gasteiger charge is 2.46. The molecule has 1 atom stereocenters. The number of halogens is 2. The molecule has 4 nitrogen and oxygen atoms in total. The minimum Gasteiger partial charge on any atom is -0.480 e. The Bertz CT molecular complexity index is 420. The zero-order valence-corrected chi connectivity index (χ0v) is 8.98. The molecule has 0 heterocycles. The van der Waals surface area contributed by atoms with Crippen molar-refractivity contribution in [3.63, 3.8) is 0 Å². The summed E-state index contributed by atoms with van der Waals surface area (Å²) in [4.78, 5) is 21.5. The third-order valence-electron chi connectivity index (χ3n) is 2.12. The Kier molecular flexibility index (Phi) is 3.77. The molecule has 0 bridgehead atoms. The molecular formula is C11H11F2NO3. The molecule has 0 saturated carbocycles. The van der Waals surface area contributed by atoms with E-state index in [9.17, 15) is 18.4 Å². The summed E-state index contributed by atoms with van der Waals surface area (Å²) in [5.41, 5.74) is -0.457. The number of hydrogen-bond acceptors (Lipinski definition) is 2. The van der Waals surface area contributed by atoms with Crippen LogP contribution in [0.1, 0.15) is 12.5 Å². The number of alkyl halides is 2. The van der Waals surface area contributed by atoms with Crippen LogP contribution in [-0.4, -0.2) is 23.0 Å². The third-order valence-corrected chi connectivity index (χ3v) is 2.12. The highest BCUT2D eigenvalue weighted by Crippen LogP contribution is 2.31. The van der Waals surface area contributed by atoms with Gasteiger partial charge >= 0.3 is 11.9 Å². The van der Waals surface area contributed by atoms with Crippen molar-refractivity contribution in [3.8, 4) is 0 Å². The summed E-state index contributed by atoms with van der Waals surface area (Å²) in [6.45, 7) is 0.983. The lowest BCUT2D eigenvalue weighted by atomic mass is 10.0. The van der Waals surface area contributed by atoms with E-state index in [4.69, 9.17) is 5.11 Å². The van der Waals surface area contributed by atoms with Gasteiger partial charge in [0.25, 0.3) is 0 Å². The van der Waals surface area contributed by atoms with Crippen molar-refractivity contribution in [2.45, 2.75) is 18.9 Å². The Labute approximate surface area is 96.3 Å².